The molecule has 4 aromatic rings. The van der Waals surface area contributed by atoms with E-state index in [9.17, 15) is 4.39 Å². The molecule has 0 saturated carbocycles. The highest BCUT2D eigenvalue weighted by molar-refractivity contribution is 6.30. The third-order valence-corrected chi connectivity index (χ3v) is 4.31. The number of halogens is 2. The molecule has 2 heterocycles. The highest BCUT2D eigenvalue weighted by Crippen LogP contribution is 2.24. The molecule has 0 aliphatic rings. The van der Waals surface area contributed by atoms with Gasteiger partial charge in [0.25, 0.3) is 5.89 Å². The number of aromatic nitrogens is 5. The van der Waals surface area contributed by atoms with E-state index in [1.165, 1.54) is 12.1 Å². The molecule has 0 bridgehead atoms. The van der Waals surface area contributed by atoms with Crippen molar-refractivity contribution < 1.29 is 13.5 Å². The maximum atomic E-state index is 13.2. The summed E-state index contributed by atoms with van der Waals surface area (Å²) in [6, 6.07) is 13.3. The molecule has 0 radical (unpaired) electrons. The molecule has 0 spiro atoms. The molecule has 7 nitrogen and oxygen atoms in total. The SMILES string of the molecule is COCc1c(-c2nnc(Cc3ccc(Cl)cc3)o2)nnn1-c1ccc(F)cc1. The van der Waals surface area contributed by atoms with Gasteiger partial charge in [0.1, 0.15) is 11.5 Å². The van der Waals surface area contributed by atoms with Crippen molar-refractivity contribution in [2.75, 3.05) is 7.11 Å². The Morgan fingerprint density at radius 3 is 2.50 bits per heavy atom. The number of methoxy groups -OCH3 is 1. The quantitative estimate of drug-likeness (QED) is 0.490. The predicted octanol–water partition coefficient (Wildman–Crippen LogP) is 3.85. The summed E-state index contributed by atoms with van der Waals surface area (Å²) in [6.07, 6.45) is 0.468. The summed E-state index contributed by atoms with van der Waals surface area (Å²) in [6.45, 7) is 0.217. The molecule has 0 fully saturated rings. The molecule has 2 aromatic carbocycles. The Hall–Kier alpha value is -3.10. The Labute approximate surface area is 164 Å². The second-order valence-corrected chi connectivity index (χ2v) is 6.45. The van der Waals surface area contributed by atoms with Crippen molar-refractivity contribution in [3.8, 4) is 17.3 Å². The van der Waals surface area contributed by atoms with Crippen LogP contribution >= 0.6 is 11.6 Å². The highest BCUT2D eigenvalue weighted by atomic mass is 35.5. The zero-order chi connectivity index (χ0) is 19.5. The van der Waals surface area contributed by atoms with Gasteiger partial charge in [0.05, 0.1) is 18.7 Å². The third kappa shape index (κ3) is 3.78. The van der Waals surface area contributed by atoms with Gasteiger partial charge in [-0.2, -0.15) is 0 Å². The van der Waals surface area contributed by atoms with E-state index in [-0.39, 0.29) is 18.3 Å². The van der Waals surface area contributed by atoms with E-state index >= 15 is 0 Å². The fourth-order valence-corrected chi connectivity index (χ4v) is 2.85. The molecular weight excluding hydrogens is 385 g/mol. The molecule has 0 amide bonds. The molecule has 142 valence electrons. The topological polar surface area (TPSA) is 78.9 Å². The molecule has 0 aliphatic heterocycles. The predicted molar refractivity (Wildman–Crippen MR) is 99.6 cm³/mol. The van der Waals surface area contributed by atoms with Crippen LogP contribution in [0.1, 0.15) is 17.1 Å². The Balaban J connectivity index is 1.64. The first kappa shape index (κ1) is 18.3. The van der Waals surface area contributed by atoms with E-state index in [2.05, 4.69) is 20.5 Å². The summed E-state index contributed by atoms with van der Waals surface area (Å²) in [5.74, 6) is 0.350. The van der Waals surface area contributed by atoms with Crippen molar-refractivity contribution in [3.05, 3.63) is 76.5 Å². The van der Waals surface area contributed by atoms with E-state index in [0.29, 0.717) is 34.4 Å². The molecule has 0 unspecified atom stereocenters. The van der Waals surface area contributed by atoms with Crippen LogP contribution in [-0.4, -0.2) is 32.3 Å². The van der Waals surface area contributed by atoms with Gasteiger partial charge in [-0.3, -0.25) is 0 Å². The highest BCUT2D eigenvalue weighted by Gasteiger charge is 2.21. The lowest BCUT2D eigenvalue weighted by Gasteiger charge is -2.06. The molecule has 0 aliphatic carbocycles. The first-order valence-corrected chi connectivity index (χ1v) is 8.78. The van der Waals surface area contributed by atoms with Crippen LogP contribution in [0.15, 0.2) is 52.9 Å². The molecule has 28 heavy (non-hydrogen) atoms. The van der Waals surface area contributed by atoms with Gasteiger partial charge in [-0.05, 0) is 42.0 Å². The van der Waals surface area contributed by atoms with Crippen LogP contribution in [0.4, 0.5) is 4.39 Å². The summed E-state index contributed by atoms with van der Waals surface area (Å²) in [4.78, 5) is 0. The van der Waals surface area contributed by atoms with Crippen molar-refractivity contribution in [2.45, 2.75) is 13.0 Å². The van der Waals surface area contributed by atoms with Gasteiger partial charge < -0.3 is 9.15 Å². The number of benzene rings is 2. The molecule has 0 atom stereocenters. The maximum Gasteiger partial charge on any atom is 0.270 e. The van der Waals surface area contributed by atoms with Crippen molar-refractivity contribution >= 4 is 11.6 Å². The van der Waals surface area contributed by atoms with Gasteiger partial charge in [0.15, 0.2) is 5.69 Å². The first-order chi connectivity index (χ1) is 13.6. The van der Waals surface area contributed by atoms with E-state index in [1.807, 2.05) is 12.1 Å². The maximum absolute atomic E-state index is 13.2. The molecule has 4 rings (SSSR count). The first-order valence-electron chi connectivity index (χ1n) is 8.40. The largest absolute Gasteiger partial charge is 0.419 e. The third-order valence-electron chi connectivity index (χ3n) is 4.05. The van der Waals surface area contributed by atoms with Gasteiger partial charge >= 0.3 is 0 Å². The fraction of sp³-hybridized carbons (Fsp3) is 0.158. The van der Waals surface area contributed by atoms with Crippen LogP contribution in [0, 0.1) is 5.82 Å². The summed E-state index contributed by atoms with van der Waals surface area (Å²) in [5.41, 5.74) is 2.68. The summed E-state index contributed by atoms with van der Waals surface area (Å²) < 4.78 is 25.8. The Morgan fingerprint density at radius 1 is 1.04 bits per heavy atom. The molecule has 2 aromatic heterocycles. The number of hydrogen-bond acceptors (Lipinski definition) is 6. The smallest absolute Gasteiger partial charge is 0.270 e. The van der Waals surface area contributed by atoms with Crippen LogP contribution in [-0.2, 0) is 17.8 Å². The average Bonchev–Trinajstić information content (AvgIpc) is 3.32. The minimum Gasteiger partial charge on any atom is -0.419 e. The van der Waals surface area contributed by atoms with Crippen LogP contribution < -0.4 is 0 Å². The molecule has 0 N–H and O–H groups in total. The normalized spacial score (nSPS) is 11.1. The van der Waals surface area contributed by atoms with Gasteiger partial charge in [-0.1, -0.05) is 28.9 Å². The average molecular weight is 400 g/mol. The monoisotopic (exact) mass is 399 g/mol. The zero-order valence-electron chi connectivity index (χ0n) is 14.8. The van der Waals surface area contributed by atoms with Crippen molar-refractivity contribution in [1.82, 2.24) is 25.2 Å². The lowest BCUT2D eigenvalue weighted by molar-refractivity contribution is 0.179. The fourth-order valence-electron chi connectivity index (χ4n) is 2.72. The summed E-state index contributed by atoms with van der Waals surface area (Å²) >= 11 is 5.91. The number of nitrogens with zero attached hydrogens (tertiary/aromatic N) is 5. The van der Waals surface area contributed by atoms with Crippen LogP contribution in [0.3, 0.4) is 0 Å². The van der Waals surface area contributed by atoms with Gasteiger partial charge in [0.2, 0.25) is 5.89 Å². The van der Waals surface area contributed by atoms with Crippen molar-refractivity contribution in [3.63, 3.8) is 0 Å². The van der Waals surface area contributed by atoms with Gasteiger partial charge in [0, 0.05) is 12.1 Å². The molecule has 9 heteroatoms. The van der Waals surface area contributed by atoms with E-state index in [0.717, 1.165) is 5.56 Å². The minimum atomic E-state index is -0.332. The Kier molecular flexibility index (Phi) is 5.14. The van der Waals surface area contributed by atoms with Crippen molar-refractivity contribution in [1.29, 1.82) is 0 Å². The minimum absolute atomic E-state index is 0.217. The van der Waals surface area contributed by atoms with Crippen LogP contribution in [0.5, 0.6) is 0 Å². The summed E-state index contributed by atoms with van der Waals surface area (Å²) in [7, 11) is 1.56. The van der Waals surface area contributed by atoms with Crippen molar-refractivity contribution in [2.24, 2.45) is 0 Å². The molecular formula is C19H15ClFN5O2. The zero-order valence-corrected chi connectivity index (χ0v) is 15.6. The summed E-state index contributed by atoms with van der Waals surface area (Å²) in [5, 5.41) is 17.1. The van der Waals surface area contributed by atoms with E-state index in [1.54, 1.807) is 36.1 Å². The second-order valence-electron chi connectivity index (χ2n) is 6.01. The van der Waals surface area contributed by atoms with Gasteiger partial charge in [-0.25, -0.2) is 9.07 Å². The second kappa shape index (κ2) is 7.87. The van der Waals surface area contributed by atoms with E-state index < -0.39 is 0 Å². The number of hydrogen-bond donors (Lipinski definition) is 0. The number of ether oxygens (including phenoxy) is 1. The molecule has 0 saturated heterocycles. The number of rotatable bonds is 6. The standard InChI is InChI=1S/C19H15ClFN5O2/c1-27-11-16-18(23-25-26(16)15-8-6-14(21)7-9-15)19-24-22-17(28-19)10-12-2-4-13(20)5-3-12/h2-9H,10-11H2,1H3. The van der Waals surface area contributed by atoms with Crippen LogP contribution in [0.2, 0.25) is 5.02 Å². The van der Waals surface area contributed by atoms with Crippen LogP contribution in [0.25, 0.3) is 17.3 Å². The lowest BCUT2D eigenvalue weighted by Crippen LogP contribution is -2.04. The van der Waals surface area contributed by atoms with E-state index in [4.69, 9.17) is 20.8 Å². The van der Waals surface area contributed by atoms with Gasteiger partial charge in [-0.15, -0.1) is 15.3 Å². The Bertz CT molecular complexity index is 1080. The Morgan fingerprint density at radius 2 is 1.79 bits per heavy atom. The lowest BCUT2D eigenvalue weighted by atomic mass is 10.1.